The Morgan fingerprint density at radius 3 is 2.38 bits per heavy atom. The summed E-state index contributed by atoms with van der Waals surface area (Å²) in [5.74, 6) is 4.82. The second kappa shape index (κ2) is 7.89. The van der Waals surface area contributed by atoms with Crippen molar-refractivity contribution in [1.29, 1.82) is 0 Å². The molecular weight excluding hydrogens is 263 g/mol. The summed E-state index contributed by atoms with van der Waals surface area (Å²) in [6.45, 7) is 0.348. The van der Waals surface area contributed by atoms with Crippen LogP contribution >= 0.6 is 0 Å². The van der Waals surface area contributed by atoms with E-state index in [1.54, 1.807) is 0 Å². The zero-order valence-electron chi connectivity index (χ0n) is 10.4. The van der Waals surface area contributed by atoms with Crippen LogP contribution in [0, 0.1) is 0 Å². The van der Waals surface area contributed by atoms with Crippen molar-refractivity contribution in [1.82, 2.24) is 0 Å². The predicted octanol–water partition coefficient (Wildman–Crippen LogP) is 3.52. The number of aliphatic hydroxyl groups is 1. The first-order valence-electron chi connectivity index (χ1n) is 5.95. The van der Waals surface area contributed by atoms with Crippen molar-refractivity contribution < 1.29 is 5.11 Å². The van der Waals surface area contributed by atoms with Gasteiger partial charge in [0.15, 0.2) is 0 Å². The quantitative estimate of drug-likeness (QED) is 0.760. The van der Waals surface area contributed by atoms with E-state index in [1.165, 1.54) is 24.8 Å². The molecule has 1 atom stereocenters. The van der Waals surface area contributed by atoms with Gasteiger partial charge in [0.25, 0.3) is 0 Å². The Balaban J connectivity index is 2.38. The monoisotopic (exact) mass is 287 g/mol. The number of aliphatic hydroxyl groups excluding tert-OH is 1. The van der Waals surface area contributed by atoms with Gasteiger partial charge in [0.1, 0.15) is 0 Å². The van der Waals surface area contributed by atoms with Gasteiger partial charge in [-0.1, -0.05) is 0 Å². The van der Waals surface area contributed by atoms with E-state index in [0.717, 1.165) is 11.2 Å². The van der Waals surface area contributed by atoms with E-state index in [1.807, 2.05) is 0 Å². The molecule has 1 unspecified atom stereocenters. The molecule has 1 N–H and O–H groups in total. The van der Waals surface area contributed by atoms with Gasteiger partial charge in [-0.3, -0.25) is 0 Å². The molecule has 0 aliphatic rings. The van der Waals surface area contributed by atoms with Crippen molar-refractivity contribution in [2.75, 3.05) is 6.61 Å². The second-order valence-electron chi connectivity index (χ2n) is 4.39. The molecule has 0 amide bonds. The summed E-state index contributed by atoms with van der Waals surface area (Å²) in [4.78, 5) is 0.868. The number of benzene rings is 1. The molecule has 1 aromatic carbocycles. The zero-order chi connectivity index (χ0) is 11.8. The van der Waals surface area contributed by atoms with Gasteiger partial charge in [0.2, 0.25) is 0 Å². The molecule has 0 saturated carbocycles. The molecule has 0 aromatic heterocycles. The van der Waals surface area contributed by atoms with Crippen LogP contribution in [0.4, 0.5) is 0 Å². The SMILES string of the molecule is C[Se+](C)C(CCCO)CCc1ccccc1. The zero-order valence-corrected chi connectivity index (χ0v) is 12.1. The molecule has 0 heterocycles. The Hall–Kier alpha value is -0.301. The Kier molecular flexibility index (Phi) is 6.79. The van der Waals surface area contributed by atoms with Crippen molar-refractivity contribution in [3.05, 3.63) is 35.9 Å². The fourth-order valence-electron chi connectivity index (χ4n) is 1.91. The minimum atomic E-state index is -0.441. The van der Waals surface area contributed by atoms with E-state index >= 15 is 0 Å². The van der Waals surface area contributed by atoms with Crippen LogP contribution in [0.2, 0.25) is 16.5 Å². The van der Waals surface area contributed by atoms with E-state index < -0.39 is 13.9 Å². The first-order chi connectivity index (χ1) is 7.74. The van der Waals surface area contributed by atoms with E-state index in [9.17, 15) is 0 Å². The van der Waals surface area contributed by atoms with Gasteiger partial charge in [0.05, 0.1) is 0 Å². The van der Waals surface area contributed by atoms with E-state index in [0.29, 0.717) is 6.61 Å². The molecule has 0 fully saturated rings. The van der Waals surface area contributed by atoms with Gasteiger partial charge in [-0.05, 0) is 0 Å². The molecule has 0 aliphatic carbocycles. The number of hydrogen-bond acceptors (Lipinski definition) is 1. The summed E-state index contributed by atoms with van der Waals surface area (Å²) in [6.07, 6.45) is 4.67. The van der Waals surface area contributed by atoms with Crippen molar-refractivity contribution in [3.63, 3.8) is 0 Å². The normalized spacial score (nSPS) is 13.0. The number of hydrogen-bond donors (Lipinski definition) is 1. The number of aryl methyl sites for hydroxylation is 1. The predicted molar refractivity (Wildman–Crippen MR) is 72.3 cm³/mol. The van der Waals surface area contributed by atoms with E-state index in [4.69, 9.17) is 5.11 Å². The molecule has 0 radical (unpaired) electrons. The second-order valence-corrected chi connectivity index (χ2v) is 9.48. The molecule has 0 bridgehead atoms. The molecule has 2 heteroatoms. The van der Waals surface area contributed by atoms with Gasteiger partial charge in [-0.15, -0.1) is 0 Å². The molecule has 0 aliphatic heterocycles. The Bertz CT molecular complexity index is 271. The Morgan fingerprint density at radius 1 is 1.12 bits per heavy atom. The summed E-state index contributed by atoms with van der Waals surface area (Å²) >= 11 is -0.441. The standard InChI is InChI=1S/C14H23OSe/c1-16(2)14(9-6-12-15)11-10-13-7-4-3-5-8-13/h3-5,7-8,14-15H,6,9-12H2,1-2H3/q+1. The molecule has 0 spiro atoms. The summed E-state index contributed by atoms with van der Waals surface area (Å²) in [7, 11) is 0. The summed E-state index contributed by atoms with van der Waals surface area (Å²) < 4.78 is 0. The Labute approximate surface area is 104 Å². The first kappa shape index (κ1) is 13.8. The van der Waals surface area contributed by atoms with Crippen LogP contribution in [0.1, 0.15) is 24.8 Å². The molecular formula is C14H23OSe+. The molecule has 0 saturated heterocycles. The third kappa shape index (κ3) is 5.16. The fraction of sp³-hybridized carbons (Fsp3) is 0.571. The van der Waals surface area contributed by atoms with Crippen LogP contribution in [-0.2, 0) is 6.42 Å². The van der Waals surface area contributed by atoms with Gasteiger partial charge in [-0.25, -0.2) is 0 Å². The Morgan fingerprint density at radius 2 is 1.81 bits per heavy atom. The van der Waals surface area contributed by atoms with E-state index in [-0.39, 0.29) is 0 Å². The van der Waals surface area contributed by atoms with Crippen LogP contribution in [0.5, 0.6) is 0 Å². The molecule has 1 rings (SSSR count). The summed E-state index contributed by atoms with van der Waals surface area (Å²) in [5.41, 5.74) is 1.45. The average Bonchev–Trinajstić information content (AvgIpc) is 2.30. The van der Waals surface area contributed by atoms with Crippen LogP contribution < -0.4 is 0 Å². The van der Waals surface area contributed by atoms with Crippen molar-refractivity contribution >= 4 is 13.9 Å². The minimum absolute atomic E-state index is 0.348. The van der Waals surface area contributed by atoms with Gasteiger partial charge in [0, 0.05) is 0 Å². The van der Waals surface area contributed by atoms with Gasteiger partial charge >= 0.3 is 104 Å². The van der Waals surface area contributed by atoms with Gasteiger partial charge in [-0.2, -0.15) is 0 Å². The maximum atomic E-state index is 8.90. The molecule has 90 valence electrons. The topological polar surface area (TPSA) is 20.2 Å². The summed E-state index contributed by atoms with van der Waals surface area (Å²) in [6, 6.07) is 10.7. The van der Waals surface area contributed by atoms with Gasteiger partial charge < -0.3 is 0 Å². The summed E-state index contributed by atoms with van der Waals surface area (Å²) in [5, 5.41) is 8.90. The van der Waals surface area contributed by atoms with Crippen LogP contribution in [-0.4, -0.2) is 25.6 Å². The average molecular weight is 286 g/mol. The van der Waals surface area contributed by atoms with Crippen molar-refractivity contribution in [2.45, 2.75) is 42.1 Å². The van der Waals surface area contributed by atoms with Crippen LogP contribution in [0.3, 0.4) is 0 Å². The fourth-order valence-corrected chi connectivity index (χ4v) is 4.48. The molecule has 1 aromatic rings. The van der Waals surface area contributed by atoms with Crippen LogP contribution in [0.15, 0.2) is 30.3 Å². The van der Waals surface area contributed by atoms with Crippen molar-refractivity contribution in [3.8, 4) is 0 Å². The maximum absolute atomic E-state index is 8.90. The van der Waals surface area contributed by atoms with E-state index in [2.05, 4.69) is 42.0 Å². The van der Waals surface area contributed by atoms with Crippen LogP contribution in [0.25, 0.3) is 0 Å². The molecule has 1 nitrogen and oxygen atoms in total. The molecule has 16 heavy (non-hydrogen) atoms. The third-order valence-corrected chi connectivity index (χ3v) is 6.74. The van der Waals surface area contributed by atoms with Crippen molar-refractivity contribution in [2.24, 2.45) is 0 Å². The first-order valence-corrected chi connectivity index (χ1v) is 10.4. The third-order valence-electron chi connectivity index (χ3n) is 2.95. The number of rotatable bonds is 7.